The lowest BCUT2D eigenvalue weighted by atomic mass is 10.1. The van der Waals surface area contributed by atoms with Gasteiger partial charge in [0.25, 0.3) is 0 Å². The molecule has 0 radical (unpaired) electrons. The molecule has 3 heteroatoms. The normalized spacial score (nSPS) is 10.8. The summed E-state index contributed by atoms with van der Waals surface area (Å²) in [5.74, 6) is 0.518. The molecule has 90 valence electrons. The van der Waals surface area contributed by atoms with Crippen molar-refractivity contribution in [3.8, 4) is 5.69 Å². The maximum atomic E-state index is 4.38. The van der Waals surface area contributed by atoms with Crippen LogP contribution in [0.5, 0.6) is 0 Å². The minimum Gasteiger partial charge on any atom is -0.385 e. The second-order valence-corrected chi connectivity index (χ2v) is 4.45. The molecular weight excluding hydrogens is 210 g/mol. The van der Waals surface area contributed by atoms with Gasteiger partial charge in [-0.05, 0) is 42.7 Å². The summed E-state index contributed by atoms with van der Waals surface area (Å²) in [4.78, 5) is 0. The molecule has 3 nitrogen and oxygen atoms in total. The van der Waals surface area contributed by atoms with Crippen molar-refractivity contribution in [2.75, 3.05) is 11.9 Å². The Morgan fingerprint density at radius 1 is 1.24 bits per heavy atom. The molecule has 0 spiro atoms. The van der Waals surface area contributed by atoms with E-state index in [-0.39, 0.29) is 0 Å². The molecule has 0 aliphatic rings. The van der Waals surface area contributed by atoms with Gasteiger partial charge in [-0.15, -0.1) is 0 Å². The number of aromatic nitrogens is 2. The van der Waals surface area contributed by atoms with Crippen LogP contribution in [0, 0.1) is 0 Å². The van der Waals surface area contributed by atoms with E-state index in [0.29, 0.717) is 5.92 Å². The van der Waals surface area contributed by atoms with E-state index in [1.54, 1.807) is 0 Å². The Bertz CT molecular complexity index is 468. The number of hydrogen-bond acceptors (Lipinski definition) is 2. The number of nitrogens with zero attached hydrogens (tertiary/aromatic N) is 2. The summed E-state index contributed by atoms with van der Waals surface area (Å²) in [5, 5.41) is 7.66. The third-order valence-corrected chi connectivity index (χ3v) is 2.78. The predicted octanol–water partition coefficient (Wildman–Crippen LogP) is 3.43. The van der Waals surface area contributed by atoms with Gasteiger partial charge in [0, 0.05) is 18.4 Å². The lowest BCUT2D eigenvalue weighted by Gasteiger charge is -2.05. The lowest BCUT2D eigenvalue weighted by molar-refractivity contribution is 0.858. The van der Waals surface area contributed by atoms with E-state index in [0.717, 1.165) is 17.9 Å². The summed E-state index contributed by atoms with van der Waals surface area (Å²) < 4.78 is 1.92. The van der Waals surface area contributed by atoms with Crippen LogP contribution in [0.25, 0.3) is 5.69 Å². The van der Waals surface area contributed by atoms with Crippen LogP contribution in [0.3, 0.4) is 0 Å². The van der Waals surface area contributed by atoms with Crippen molar-refractivity contribution in [3.63, 3.8) is 0 Å². The Hall–Kier alpha value is -1.77. The van der Waals surface area contributed by atoms with E-state index in [2.05, 4.69) is 61.6 Å². The van der Waals surface area contributed by atoms with Crippen molar-refractivity contribution >= 4 is 5.69 Å². The Balaban J connectivity index is 2.21. The Kier molecular flexibility index (Phi) is 3.47. The minimum absolute atomic E-state index is 0.518. The minimum atomic E-state index is 0.518. The maximum absolute atomic E-state index is 4.38. The van der Waals surface area contributed by atoms with Crippen LogP contribution < -0.4 is 5.32 Å². The first kappa shape index (κ1) is 11.7. The molecule has 2 aromatic rings. The smallest absolute Gasteiger partial charge is 0.0647 e. The molecular formula is C14H19N3. The van der Waals surface area contributed by atoms with Gasteiger partial charge in [0.15, 0.2) is 0 Å². The highest BCUT2D eigenvalue weighted by Gasteiger charge is 2.04. The zero-order valence-electron chi connectivity index (χ0n) is 10.6. The van der Waals surface area contributed by atoms with Gasteiger partial charge < -0.3 is 5.32 Å². The third-order valence-electron chi connectivity index (χ3n) is 2.78. The quantitative estimate of drug-likeness (QED) is 0.870. The van der Waals surface area contributed by atoms with Gasteiger partial charge in [-0.1, -0.05) is 13.8 Å². The molecule has 0 aliphatic heterocycles. The van der Waals surface area contributed by atoms with E-state index in [4.69, 9.17) is 0 Å². The van der Waals surface area contributed by atoms with Crippen LogP contribution >= 0.6 is 0 Å². The van der Waals surface area contributed by atoms with Crippen molar-refractivity contribution in [3.05, 3.63) is 42.2 Å². The standard InChI is InChI=1S/C14H19N3/c1-4-15-13-5-7-14(8-6-13)17-10-12(9-16-17)11(2)3/h5-11,15H,4H2,1-3H3. The Morgan fingerprint density at radius 3 is 2.47 bits per heavy atom. The highest BCUT2D eigenvalue weighted by molar-refractivity contribution is 5.48. The highest BCUT2D eigenvalue weighted by Crippen LogP contribution is 2.17. The highest BCUT2D eigenvalue weighted by atomic mass is 15.3. The van der Waals surface area contributed by atoms with E-state index in [1.807, 2.05) is 10.9 Å². The fourth-order valence-electron chi connectivity index (χ4n) is 1.71. The number of benzene rings is 1. The summed E-state index contributed by atoms with van der Waals surface area (Å²) in [6.45, 7) is 7.39. The second kappa shape index (κ2) is 5.04. The van der Waals surface area contributed by atoms with Crippen molar-refractivity contribution < 1.29 is 0 Å². The second-order valence-electron chi connectivity index (χ2n) is 4.45. The fraction of sp³-hybridized carbons (Fsp3) is 0.357. The van der Waals surface area contributed by atoms with Gasteiger partial charge in [0.2, 0.25) is 0 Å². The molecule has 1 heterocycles. The molecule has 0 atom stereocenters. The van der Waals surface area contributed by atoms with Gasteiger partial charge >= 0.3 is 0 Å². The number of rotatable bonds is 4. The van der Waals surface area contributed by atoms with Crippen LogP contribution in [0.1, 0.15) is 32.3 Å². The Morgan fingerprint density at radius 2 is 1.94 bits per heavy atom. The molecule has 0 unspecified atom stereocenters. The average Bonchev–Trinajstić information content (AvgIpc) is 2.80. The van der Waals surface area contributed by atoms with Crippen molar-refractivity contribution in [1.82, 2.24) is 9.78 Å². The summed E-state index contributed by atoms with van der Waals surface area (Å²) in [6.07, 6.45) is 4.02. The first-order valence-corrected chi connectivity index (χ1v) is 6.09. The predicted molar refractivity (Wildman–Crippen MR) is 71.8 cm³/mol. The number of nitrogens with one attached hydrogen (secondary N) is 1. The molecule has 0 aliphatic carbocycles. The maximum Gasteiger partial charge on any atom is 0.0647 e. The van der Waals surface area contributed by atoms with Crippen LogP contribution in [-0.4, -0.2) is 16.3 Å². The van der Waals surface area contributed by atoms with Crippen molar-refractivity contribution in [2.45, 2.75) is 26.7 Å². The molecule has 0 amide bonds. The van der Waals surface area contributed by atoms with E-state index < -0.39 is 0 Å². The topological polar surface area (TPSA) is 29.9 Å². The molecule has 0 fully saturated rings. The molecule has 1 aromatic carbocycles. The summed E-state index contributed by atoms with van der Waals surface area (Å²) in [6, 6.07) is 8.31. The van der Waals surface area contributed by atoms with Crippen LogP contribution in [0.15, 0.2) is 36.7 Å². The lowest BCUT2D eigenvalue weighted by Crippen LogP contribution is -1.98. The summed E-state index contributed by atoms with van der Waals surface area (Å²) in [5.41, 5.74) is 3.51. The Labute approximate surface area is 102 Å². The largest absolute Gasteiger partial charge is 0.385 e. The van der Waals surface area contributed by atoms with Crippen LogP contribution in [0.2, 0.25) is 0 Å². The first-order valence-electron chi connectivity index (χ1n) is 6.09. The SMILES string of the molecule is CCNc1ccc(-n2cc(C(C)C)cn2)cc1. The average molecular weight is 229 g/mol. The van der Waals surface area contributed by atoms with Gasteiger partial charge in [-0.3, -0.25) is 0 Å². The zero-order valence-corrected chi connectivity index (χ0v) is 10.6. The van der Waals surface area contributed by atoms with E-state index in [9.17, 15) is 0 Å². The monoisotopic (exact) mass is 229 g/mol. The van der Waals surface area contributed by atoms with Crippen molar-refractivity contribution in [2.24, 2.45) is 0 Å². The van der Waals surface area contributed by atoms with E-state index in [1.165, 1.54) is 5.56 Å². The summed E-state index contributed by atoms with van der Waals surface area (Å²) in [7, 11) is 0. The van der Waals surface area contributed by atoms with E-state index >= 15 is 0 Å². The molecule has 0 saturated carbocycles. The molecule has 1 N–H and O–H groups in total. The number of anilines is 1. The molecule has 17 heavy (non-hydrogen) atoms. The molecule has 0 saturated heterocycles. The van der Waals surface area contributed by atoms with Gasteiger partial charge in [-0.25, -0.2) is 4.68 Å². The number of hydrogen-bond donors (Lipinski definition) is 1. The molecule has 2 rings (SSSR count). The molecule has 0 bridgehead atoms. The summed E-state index contributed by atoms with van der Waals surface area (Å²) >= 11 is 0. The van der Waals surface area contributed by atoms with Crippen molar-refractivity contribution in [1.29, 1.82) is 0 Å². The van der Waals surface area contributed by atoms with Crippen LogP contribution in [-0.2, 0) is 0 Å². The van der Waals surface area contributed by atoms with Crippen LogP contribution in [0.4, 0.5) is 5.69 Å². The van der Waals surface area contributed by atoms with Gasteiger partial charge in [0.05, 0.1) is 11.9 Å². The van der Waals surface area contributed by atoms with Gasteiger partial charge in [-0.2, -0.15) is 5.10 Å². The van der Waals surface area contributed by atoms with Gasteiger partial charge in [0.1, 0.15) is 0 Å². The first-order chi connectivity index (χ1) is 8.20. The fourth-order valence-corrected chi connectivity index (χ4v) is 1.71. The third kappa shape index (κ3) is 2.67. The molecule has 1 aromatic heterocycles. The zero-order chi connectivity index (χ0) is 12.3.